The number of rotatable bonds is 2. The van der Waals surface area contributed by atoms with Gasteiger partial charge in [-0.3, -0.25) is 0 Å². The van der Waals surface area contributed by atoms with Crippen molar-refractivity contribution in [3.05, 3.63) is 35.9 Å². The fourth-order valence-corrected chi connectivity index (χ4v) is 1.21. The molecule has 3 N–H and O–H groups in total. The van der Waals surface area contributed by atoms with E-state index in [0.29, 0.717) is 5.69 Å². The van der Waals surface area contributed by atoms with Crippen LogP contribution in [0.25, 0.3) is 12.2 Å². The van der Waals surface area contributed by atoms with Crippen LogP contribution >= 0.6 is 0 Å². The van der Waals surface area contributed by atoms with Crippen LogP contribution in [0.5, 0.6) is 5.75 Å². The van der Waals surface area contributed by atoms with Gasteiger partial charge in [-0.2, -0.15) is 0 Å². The van der Waals surface area contributed by atoms with Crippen molar-refractivity contribution in [3.8, 4) is 5.75 Å². The SMILES string of the molecule is C=Cc1c(N)ccc(O)c1/C=C\C. The lowest BCUT2D eigenvalue weighted by Gasteiger charge is -2.06. The molecule has 0 fully saturated rings. The molecule has 0 unspecified atom stereocenters. The molecule has 0 aliphatic heterocycles. The number of nitrogen functional groups attached to an aromatic ring is 1. The Balaban J connectivity index is 3.42. The molecule has 0 atom stereocenters. The summed E-state index contributed by atoms with van der Waals surface area (Å²) in [5.74, 6) is 0.224. The molecule has 0 heterocycles. The predicted octanol–water partition coefficient (Wildman–Crippen LogP) is 2.65. The largest absolute Gasteiger partial charge is 0.507 e. The summed E-state index contributed by atoms with van der Waals surface area (Å²) in [4.78, 5) is 0. The third-order valence-electron chi connectivity index (χ3n) is 1.84. The van der Waals surface area contributed by atoms with Gasteiger partial charge in [-0.05, 0) is 19.1 Å². The normalized spacial score (nSPS) is 10.5. The maximum absolute atomic E-state index is 9.52. The Bertz CT molecular complexity index is 353. The minimum absolute atomic E-state index is 0.224. The van der Waals surface area contributed by atoms with Gasteiger partial charge in [0.1, 0.15) is 5.75 Å². The molecule has 0 bridgehead atoms. The van der Waals surface area contributed by atoms with Crippen LogP contribution in [0.4, 0.5) is 5.69 Å². The lowest BCUT2D eigenvalue weighted by atomic mass is 10.0. The van der Waals surface area contributed by atoms with Crippen LogP contribution in [0, 0.1) is 0 Å². The van der Waals surface area contributed by atoms with E-state index in [1.165, 1.54) is 0 Å². The van der Waals surface area contributed by atoms with Gasteiger partial charge in [-0.25, -0.2) is 0 Å². The van der Waals surface area contributed by atoms with Gasteiger partial charge in [0.05, 0.1) is 0 Å². The summed E-state index contributed by atoms with van der Waals surface area (Å²) >= 11 is 0. The smallest absolute Gasteiger partial charge is 0.123 e. The summed E-state index contributed by atoms with van der Waals surface area (Å²) in [6, 6.07) is 3.25. The molecule has 1 aromatic carbocycles. The van der Waals surface area contributed by atoms with Crippen LogP contribution in [-0.4, -0.2) is 5.11 Å². The standard InChI is InChI=1S/C11H13NO/c1-3-5-9-8(4-2)10(12)6-7-11(9)13/h3-7,13H,2,12H2,1H3/b5-3-. The van der Waals surface area contributed by atoms with Crippen molar-refractivity contribution in [2.24, 2.45) is 0 Å². The Morgan fingerprint density at radius 1 is 1.38 bits per heavy atom. The van der Waals surface area contributed by atoms with E-state index >= 15 is 0 Å². The number of nitrogens with two attached hydrogens (primary N) is 1. The maximum Gasteiger partial charge on any atom is 0.123 e. The molecule has 0 aromatic heterocycles. The lowest BCUT2D eigenvalue weighted by Crippen LogP contribution is -1.92. The van der Waals surface area contributed by atoms with E-state index in [1.54, 1.807) is 18.2 Å². The van der Waals surface area contributed by atoms with E-state index < -0.39 is 0 Å². The Morgan fingerprint density at radius 3 is 2.62 bits per heavy atom. The van der Waals surface area contributed by atoms with Gasteiger partial charge in [0, 0.05) is 16.8 Å². The highest BCUT2D eigenvalue weighted by atomic mass is 16.3. The lowest BCUT2D eigenvalue weighted by molar-refractivity contribution is 0.474. The van der Waals surface area contributed by atoms with E-state index in [2.05, 4.69) is 6.58 Å². The van der Waals surface area contributed by atoms with E-state index in [9.17, 15) is 5.11 Å². The Kier molecular flexibility index (Phi) is 2.75. The van der Waals surface area contributed by atoms with Crippen molar-refractivity contribution in [3.63, 3.8) is 0 Å². The number of benzene rings is 1. The molecule has 2 nitrogen and oxygen atoms in total. The summed E-state index contributed by atoms with van der Waals surface area (Å²) in [5.41, 5.74) is 7.84. The fraction of sp³-hybridized carbons (Fsp3) is 0.0909. The second-order valence-corrected chi connectivity index (χ2v) is 2.71. The molecule has 0 spiro atoms. The molecule has 0 aliphatic rings. The Morgan fingerprint density at radius 2 is 2.08 bits per heavy atom. The van der Waals surface area contributed by atoms with Crippen molar-refractivity contribution in [2.45, 2.75) is 6.92 Å². The van der Waals surface area contributed by atoms with Gasteiger partial charge in [-0.1, -0.05) is 24.8 Å². The van der Waals surface area contributed by atoms with Gasteiger partial charge < -0.3 is 10.8 Å². The third kappa shape index (κ3) is 1.72. The zero-order valence-electron chi connectivity index (χ0n) is 7.62. The molecule has 0 saturated carbocycles. The topological polar surface area (TPSA) is 46.2 Å². The second kappa shape index (κ2) is 3.81. The fourth-order valence-electron chi connectivity index (χ4n) is 1.21. The van der Waals surface area contributed by atoms with Crippen LogP contribution in [0.15, 0.2) is 24.8 Å². The molecule has 2 heteroatoms. The molecule has 1 aromatic rings. The van der Waals surface area contributed by atoms with Crippen molar-refractivity contribution in [1.29, 1.82) is 0 Å². The van der Waals surface area contributed by atoms with E-state index in [-0.39, 0.29) is 5.75 Å². The quantitative estimate of drug-likeness (QED) is 0.536. The molecule has 68 valence electrons. The summed E-state index contributed by atoms with van der Waals surface area (Å²) in [6.45, 7) is 5.54. The molecular formula is C11H13NO. The van der Waals surface area contributed by atoms with E-state index in [0.717, 1.165) is 11.1 Å². The number of phenolic OH excluding ortho intramolecular Hbond substituents is 1. The molecule has 1 rings (SSSR count). The van der Waals surface area contributed by atoms with Gasteiger partial charge in [0.2, 0.25) is 0 Å². The first-order chi connectivity index (χ1) is 6.20. The summed E-state index contributed by atoms with van der Waals surface area (Å²) in [6.07, 6.45) is 5.30. The van der Waals surface area contributed by atoms with Crippen LogP contribution in [-0.2, 0) is 0 Å². The minimum Gasteiger partial charge on any atom is -0.507 e. The van der Waals surface area contributed by atoms with Crippen LogP contribution in [0.1, 0.15) is 18.1 Å². The second-order valence-electron chi connectivity index (χ2n) is 2.71. The van der Waals surface area contributed by atoms with Gasteiger partial charge in [-0.15, -0.1) is 0 Å². The first kappa shape index (κ1) is 9.39. The third-order valence-corrected chi connectivity index (χ3v) is 1.84. The van der Waals surface area contributed by atoms with Crippen molar-refractivity contribution >= 4 is 17.8 Å². The first-order valence-electron chi connectivity index (χ1n) is 4.07. The first-order valence-corrected chi connectivity index (χ1v) is 4.07. The predicted molar refractivity (Wildman–Crippen MR) is 57.3 cm³/mol. The molecule has 0 saturated heterocycles. The monoisotopic (exact) mass is 175 g/mol. The number of anilines is 1. The average molecular weight is 175 g/mol. The zero-order chi connectivity index (χ0) is 9.84. The van der Waals surface area contributed by atoms with Gasteiger partial charge >= 0.3 is 0 Å². The number of hydrogen-bond acceptors (Lipinski definition) is 2. The summed E-state index contributed by atoms with van der Waals surface area (Å²) in [7, 11) is 0. The average Bonchev–Trinajstić information content (AvgIpc) is 2.12. The number of phenols is 1. The van der Waals surface area contributed by atoms with Crippen molar-refractivity contribution < 1.29 is 5.11 Å². The van der Waals surface area contributed by atoms with Gasteiger partial charge in [0.25, 0.3) is 0 Å². The molecule has 13 heavy (non-hydrogen) atoms. The summed E-state index contributed by atoms with van der Waals surface area (Å²) < 4.78 is 0. The van der Waals surface area contributed by atoms with E-state index in [1.807, 2.05) is 19.1 Å². The van der Waals surface area contributed by atoms with Crippen molar-refractivity contribution in [1.82, 2.24) is 0 Å². The Hall–Kier alpha value is -1.70. The minimum atomic E-state index is 0.224. The highest BCUT2D eigenvalue weighted by Gasteiger charge is 2.04. The molecular weight excluding hydrogens is 162 g/mol. The summed E-state index contributed by atoms with van der Waals surface area (Å²) in [5, 5.41) is 9.52. The number of allylic oxidation sites excluding steroid dienone is 1. The highest BCUT2D eigenvalue weighted by molar-refractivity contribution is 5.77. The Labute approximate surface area is 78.0 Å². The van der Waals surface area contributed by atoms with Crippen LogP contribution in [0.3, 0.4) is 0 Å². The molecule has 0 amide bonds. The zero-order valence-corrected chi connectivity index (χ0v) is 7.62. The number of aromatic hydroxyl groups is 1. The van der Waals surface area contributed by atoms with Gasteiger partial charge in [0.15, 0.2) is 0 Å². The highest BCUT2D eigenvalue weighted by Crippen LogP contribution is 2.28. The van der Waals surface area contributed by atoms with Crippen molar-refractivity contribution in [2.75, 3.05) is 5.73 Å². The van der Waals surface area contributed by atoms with Crippen LogP contribution in [0.2, 0.25) is 0 Å². The maximum atomic E-state index is 9.52. The number of hydrogen-bond donors (Lipinski definition) is 2. The molecule has 0 aliphatic carbocycles. The van der Waals surface area contributed by atoms with E-state index in [4.69, 9.17) is 5.73 Å². The molecule has 0 radical (unpaired) electrons. The van der Waals surface area contributed by atoms with Crippen LogP contribution < -0.4 is 5.73 Å².